The van der Waals surface area contributed by atoms with Gasteiger partial charge in [0.25, 0.3) is 5.91 Å². The quantitative estimate of drug-likeness (QED) is 0.639. The van der Waals surface area contributed by atoms with Gasteiger partial charge >= 0.3 is 0 Å². The smallest absolute Gasteiger partial charge is 0.253 e. The van der Waals surface area contributed by atoms with Crippen molar-refractivity contribution < 1.29 is 18.0 Å². The average molecular weight is 485 g/mol. The molecule has 2 fully saturated rings. The minimum atomic E-state index is -3.76. The van der Waals surface area contributed by atoms with Crippen LogP contribution in [0.5, 0.6) is 0 Å². The van der Waals surface area contributed by atoms with Crippen LogP contribution in [-0.4, -0.2) is 99.1 Å². The highest BCUT2D eigenvalue weighted by atomic mass is 35.5. The zero-order valence-corrected chi connectivity index (χ0v) is 20.5. The van der Waals surface area contributed by atoms with Crippen molar-refractivity contribution in [2.24, 2.45) is 0 Å². The maximum Gasteiger partial charge on any atom is 0.253 e. The van der Waals surface area contributed by atoms with Gasteiger partial charge in [0.2, 0.25) is 15.9 Å². The molecule has 3 rings (SSSR count). The molecule has 1 aromatic carbocycles. The van der Waals surface area contributed by atoms with Gasteiger partial charge < -0.3 is 9.80 Å². The van der Waals surface area contributed by atoms with Crippen LogP contribution in [0.15, 0.2) is 23.1 Å². The number of halogens is 1. The predicted molar refractivity (Wildman–Crippen MR) is 124 cm³/mol. The van der Waals surface area contributed by atoms with Crippen LogP contribution < -0.4 is 0 Å². The summed E-state index contributed by atoms with van der Waals surface area (Å²) in [7, 11) is -0.300. The Labute approximate surface area is 196 Å². The molecule has 2 aliphatic rings. The van der Waals surface area contributed by atoms with Gasteiger partial charge in [-0.1, -0.05) is 24.4 Å². The van der Waals surface area contributed by atoms with E-state index >= 15 is 0 Å². The summed E-state index contributed by atoms with van der Waals surface area (Å²) in [6.07, 6.45) is 4.44. The standard InChI is InChI=1S/C22H33ClN4O4S/c1-24(2)21(28)17-25-10-7-11-26(15-14-25)22(29)18-8-9-19(23)20(16-18)32(30,31)27-12-5-3-4-6-13-27/h8-9,16H,3-7,10-15,17H2,1-2H3. The molecule has 2 saturated heterocycles. The first-order chi connectivity index (χ1) is 15.2. The van der Waals surface area contributed by atoms with E-state index in [1.165, 1.54) is 16.4 Å². The molecule has 8 nitrogen and oxygen atoms in total. The second-order valence-corrected chi connectivity index (χ2v) is 11.0. The molecule has 32 heavy (non-hydrogen) atoms. The van der Waals surface area contributed by atoms with E-state index in [1.54, 1.807) is 30.0 Å². The number of rotatable bonds is 5. The van der Waals surface area contributed by atoms with Crippen LogP contribution in [0.1, 0.15) is 42.5 Å². The Morgan fingerprint density at radius 2 is 1.62 bits per heavy atom. The fraction of sp³-hybridized carbons (Fsp3) is 0.636. The molecule has 0 bridgehead atoms. The van der Waals surface area contributed by atoms with Crippen molar-refractivity contribution in [3.63, 3.8) is 0 Å². The summed E-state index contributed by atoms with van der Waals surface area (Å²) in [6.45, 7) is 3.65. The van der Waals surface area contributed by atoms with Crippen molar-refractivity contribution in [1.82, 2.24) is 19.0 Å². The van der Waals surface area contributed by atoms with E-state index in [1.807, 2.05) is 4.90 Å². The molecule has 0 saturated carbocycles. The van der Waals surface area contributed by atoms with Gasteiger partial charge in [0.05, 0.1) is 11.6 Å². The molecular weight excluding hydrogens is 452 g/mol. The molecule has 2 amide bonds. The summed E-state index contributed by atoms with van der Waals surface area (Å²) in [5.41, 5.74) is 0.320. The van der Waals surface area contributed by atoms with Crippen LogP contribution >= 0.6 is 11.6 Å². The molecule has 0 aromatic heterocycles. The number of carbonyl (C=O) groups excluding carboxylic acids is 2. The average Bonchev–Trinajstić information content (AvgIpc) is 3.17. The molecule has 0 spiro atoms. The third-order valence-electron chi connectivity index (χ3n) is 6.09. The monoisotopic (exact) mass is 484 g/mol. The van der Waals surface area contributed by atoms with Gasteiger partial charge in [-0.2, -0.15) is 4.31 Å². The Balaban J connectivity index is 1.74. The number of hydrogen-bond donors (Lipinski definition) is 0. The molecule has 0 unspecified atom stereocenters. The molecule has 0 atom stereocenters. The third-order valence-corrected chi connectivity index (χ3v) is 8.47. The highest BCUT2D eigenvalue weighted by molar-refractivity contribution is 7.89. The largest absolute Gasteiger partial charge is 0.348 e. The van der Waals surface area contributed by atoms with E-state index in [-0.39, 0.29) is 21.7 Å². The fourth-order valence-corrected chi connectivity index (χ4v) is 6.12. The van der Waals surface area contributed by atoms with E-state index < -0.39 is 10.0 Å². The lowest BCUT2D eigenvalue weighted by Gasteiger charge is -2.24. The van der Waals surface area contributed by atoms with Crippen molar-refractivity contribution in [3.05, 3.63) is 28.8 Å². The lowest BCUT2D eigenvalue weighted by molar-refractivity contribution is -0.129. The number of hydrogen-bond acceptors (Lipinski definition) is 5. The summed E-state index contributed by atoms with van der Waals surface area (Å²) in [6, 6.07) is 4.51. The first-order valence-electron chi connectivity index (χ1n) is 11.2. The van der Waals surface area contributed by atoms with Crippen molar-refractivity contribution in [3.8, 4) is 0 Å². The summed E-state index contributed by atoms with van der Waals surface area (Å²) in [5, 5.41) is 0.134. The van der Waals surface area contributed by atoms with Crippen LogP contribution in [0.2, 0.25) is 5.02 Å². The number of benzene rings is 1. The number of carbonyl (C=O) groups is 2. The van der Waals surface area contributed by atoms with E-state index in [0.717, 1.165) is 38.6 Å². The van der Waals surface area contributed by atoms with Crippen LogP contribution in [0.4, 0.5) is 0 Å². The number of likely N-dealkylation sites (N-methyl/N-ethyl adjacent to an activating group) is 1. The van der Waals surface area contributed by atoms with E-state index in [4.69, 9.17) is 11.6 Å². The van der Waals surface area contributed by atoms with Gasteiger partial charge in [-0.15, -0.1) is 0 Å². The second kappa shape index (κ2) is 11.0. The van der Waals surface area contributed by atoms with Crippen LogP contribution in [0.3, 0.4) is 0 Å². The molecule has 178 valence electrons. The van der Waals surface area contributed by atoms with Gasteiger partial charge in [-0.25, -0.2) is 8.42 Å². The summed E-state index contributed by atoms with van der Waals surface area (Å²) in [4.78, 5) is 30.5. The van der Waals surface area contributed by atoms with Crippen molar-refractivity contribution in [2.45, 2.75) is 37.0 Å². The highest BCUT2D eigenvalue weighted by Crippen LogP contribution is 2.28. The lowest BCUT2D eigenvalue weighted by atomic mass is 10.2. The SMILES string of the molecule is CN(C)C(=O)CN1CCCN(C(=O)c2ccc(Cl)c(S(=O)(=O)N3CCCCCC3)c2)CC1. The van der Waals surface area contributed by atoms with Gasteiger partial charge in [-0.05, 0) is 37.5 Å². The normalized spacial score (nSPS) is 19.3. The molecular formula is C22H33ClN4O4S. The minimum absolute atomic E-state index is 0.0000511. The first kappa shape index (κ1) is 25.0. The Morgan fingerprint density at radius 1 is 0.938 bits per heavy atom. The molecule has 10 heteroatoms. The van der Waals surface area contributed by atoms with Gasteiger partial charge in [0.1, 0.15) is 4.90 Å². The minimum Gasteiger partial charge on any atom is -0.348 e. The Kier molecular flexibility index (Phi) is 8.55. The highest BCUT2D eigenvalue weighted by Gasteiger charge is 2.29. The Hall–Kier alpha value is -1.68. The van der Waals surface area contributed by atoms with Gasteiger partial charge in [-0.3, -0.25) is 14.5 Å². The van der Waals surface area contributed by atoms with Gasteiger partial charge in [0, 0.05) is 58.9 Å². The van der Waals surface area contributed by atoms with Crippen LogP contribution in [0, 0.1) is 0 Å². The van der Waals surface area contributed by atoms with E-state index in [9.17, 15) is 18.0 Å². The van der Waals surface area contributed by atoms with Crippen molar-refractivity contribution in [2.75, 3.05) is 59.9 Å². The molecule has 2 heterocycles. The van der Waals surface area contributed by atoms with Crippen molar-refractivity contribution >= 4 is 33.4 Å². The maximum absolute atomic E-state index is 13.2. The molecule has 1 aromatic rings. The Bertz CT molecular complexity index is 930. The second-order valence-electron chi connectivity index (χ2n) is 8.67. The third kappa shape index (κ3) is 6.01. The predicted octanol–water partition coefficient (Wildman–Crippen LogP) is 2.14. The van der Waals surface area contributed by atoms with Crippen molar-refractivity contribution in [1.29, 1.82) is 0 Å². The number of sulfonamides is 1. The maximum atomic E-state index is 13.2. The molecule has 2 aliphatic heterocycles. The molecule has 0 N–H and O–H groups in total. The van der Waals surface area contributed by atoms with Crippen LogP contribution in [-0.2, 0) is 14.8 Å². The lowest BCUT2D eigenvalue weighted by Crippen LogP contribution is -2.39. The number of amides is 2. The Morgan fingerprint density at radius 3 is 2.28 bits per heavy atom. The topological polar surface area (TPSA) is 81.2 Å². The number of nitrogens with zero attached hydrogens (tertiary/aromatic N) is 4. The zero-order valence-electron chi connectivity index (χ0n) is 18.9. The summed E-state index contributed by atoms with van der Waals surface area (Å²) >= 11 is 6.28. The summed E-state index contributed by atoms with van der Waals surface area (Å²) < 4.78 is 28.0. The van der Waals surface area contributed by atoms with Crippen LogP contribution in [0.25, 0.3) is 0 Å². The fourth-order valence-electron chi connectivity index (χ4n) is 4.10. The first-order valence-corrected chi connectivity index (χ1v) is 13.0. The van der Waals surface area contributed by atoms with Gasteiger partial charge in [0.15, 0.2) is 0 Å². The van der Waals surface area contributed by atoms with E-state index in [0.29, 0.717) is 44.8 Å². The molecule has 0 aliphatic carbocycles. The zero-order chi connectivity index (χ0) is 23.3. The van der Waals surface area contributed by atoms with E-state index in [2.05, 4.69) is 0 Å². The summed E-state index contributed by atoms with van der Waals surface area (Å²) in [5.74, 6) is -0.180. The molecule has 0 radical (unpaired) electrons.